The van der Waals surface area contributed by atoms with Gasteiger partial charge in [0.05, 0.1) is 13.7 Å². The average molecular weight is 294 g/mol. The summed E-state index contributed by atoms with van der Waals surface area (Å²) >= 11 is 0. The molecule has 2 N–H and O–H groups in total. The summed E-state index contributed by atoms with van der Waals surface area (Å²) in [7, 11) is 3.79. The minimum absolute atomic E-state index is 0.241. The lowest BCUT2D eigenvalue weighted by Gasteiger charge is -2.24. The van der Waals surface area contributed by atoms with Crippen LogP contribution in [0.4, 0.5) is 0 Å². The number of esters is 1. The van der Waals surface area contributed by atoms with E-state index in [1.165, 1.54) is 7.11 Å². The standard InChI is InChI=1S/C11H26N2O5Si/c1-15-11(14)10-13-8-7-12-6-5-9-19(16-2,17-3)18-4/h12-13H,5-10H2,1-4H3. The second-order valence-corrected chi connectivity index (χ2v) is 6.99. The van der Waals surface area contributed by atoms with E-state index >= 15 is 0 Å². The third kappa shape index (κ3) is 8.29. The summed E-state index contributed by atoms with van der Waals surface area (Å²) in [5.41, 5.74) is 0. The fraction of sp³-hybridized carbons (Fsp3) is 0.909. The maximum atomic E-state index is 10.8. The van der Waals surface area contributed by atoms with Gasteiger partial charge in [-0.3, -0.25) is 4.79 Å². The van der Waals surface area contributed by atoms with E-state index < -0.39 is 8.80 Å². The Hall–Kier alpha value is -0.513. The minimum atomic E-state index is -2.43. The molecule has 0 spiro atoms. The van der Waals surface area contributed by atoms with Crippen molar-refractivity contribution in [2.75, 3.05) is 54.6 Å². The summed E-state index contributed by atoms with van der Waals surface area (Å²) in [4.78, 5) is 10.8. The molecule has 0 amide bonds. The minimum Gasteiger partial charge on any atom is -0.468 e. The van der Waals surface area contributed by atoms with Gasteiger partial charge in [-0.15, -0.1) is 0 Å². The van der Waals surface area contributed by atoms with E-state index in [0.717, 1.165) is 32.1 Å². The second-order valence-electron chi connectivity index (χ2n) is 3.90. The van der Waals surface area contributed by atoms with Gasteiger partial charge in [-0.25, -0.2) is 0 Å². The Morgan fingerprint density at radius 1 is 0.947 bits per heavy atom. The first kappa shape index (κ1) is 18.5. The monoisotopic (exact) mass is 294 g/mol. The molecule has 0 saturated heterocycles. The van der Waals surface area contributed by atoms with Crippen LogP contribution in [0.2, 0.25) is 6.04 Å². The van der Waals surface area contributed by atoms with Gasteiger partial charge in [0.2, 0.25) is 0 Å². The van der Waals surface area contributed by atoms with Gasteiger partial charge < -0.3 is 28.6 Å². The van der Waals surface area contributed by atoms with Gasteiger partial charge in [-0.05, 0) is 13.0 Å². The predicted octanol–water partition coefficient (Wildman–Crippen LogP) is -0.393. The number of methoxy groups -OCH3 is 1. The van der Waals surface area contributed by atoms with Crippen LogP contribution in [0.3, 0.4) is 0 Å². The Balaban J connectivity index is 3.47. The van der Waals surface area contributed by atoms with Crippen LogP contribution in [-0.2, 0) is 22.8 Å². The van der Waals surface area contributed by atoms with Crippen molar-refractivity contribution in [3.63, 3.8) is 0 Å². The van der Waals surface area contributed by atoms with Crippen molar-refractivity contribution >= 4 is 14.8 Å². The summed E-state index contributed by atoms with van der Waals surface area (Å²) in [6.07, 6.45) is 0.915. The van der Waals surface area contributed by atoms with Crippen molar-refractivity contribution in [2.45, 2.75) is 12.5 Å². The largest absolute Gasteiger partial charge is 0.500 e. The highest BCUT2D eigenvalue weighted by Crippen LogP contribution is 2.14. The van der Waals surface area contributed by atoms with Crippen molar-refractivity contribution in [3.8, 4) is 0 Å². The fourth-order valence-electron chi connectivity index (χ4n) is 1.55. The normalized spacial score (nSPS) is 11.6. The number of hydrogen-bond donors (Lipinski definition) is 2. The lowest BCUT2D eigenvalue weighted by atomic mass is 10.4. The first-order valence-electron chi connectivity index (χ1n) is 6.27. The van der Waals surface area contributed by atoms with Crippen LogP contribution in [0.25, 0.3) is 0 Å². The molecule has 0 aromatic carbocycles. The van der Waals surface area contributed by atoms with Crippen LogP contribution < -0.4 is 10.6 Å². The number of ether oxygens (including phenoxy) is 1. The van der Waals surface area contributed by atoms with Crippen LogP contribution in [0.1, 0.15) is 6.42 Å². The summed E-state index contributed by atoms with van der Waals surface area (Å²) in [6.45, 7) is 2.60. The Kier molecular flexibility index (Phi) is 11.0. The SMILES string of the molecule is COC(=O)CNCCNCCC[Si](OC)(OC)OC. The summed E-state index contributed by atoms with van der Waals surface area (Å²) in [5.74, 6) is -0.254. The van der Waals surface area contributed by atoms with Crippen molar-refractivity contribution < 1.29 is 22.8 Å². The molecular weight excluding hydrogens is 268 g/mol. The zero-order valence-corrected chi connectivity index (χ0v) is 13.3. The molecule has 0 aliphatic rings. The number of nitrogens with one attached hydrogen (secondary N) is 2. The molecule has 0 aliphatic carbocycles. The van der Waals surface area contributed by atoms with Crippen molar-refractivity contribution in [1.29, 1.82) is 0 Å². The van der Waals surface area contributed by atoms with E-state index in [0.29, 0.717) is 0 Å². The van der Waals surface area contributed by atoms with E-state index in [4.69, 9.17) is 13.3 Å². The summed E-state index contributed by atoms with van der Waals surface area (Å²) < 4.78 is 20.5. The van der Waals surface area contributed by atoms with E-state index in [1.807, 2.05) is 0 Å². The topological polar surface area (TPSA) is 78.1 Å². The fourth-order valence-corrected chi connectivity index (χ4v) is 3.27. The van der Waals surface area contributed by atoms with Gasteiger partial charge in [0.1, 0.15) is 0 Å². The molecule has 0 rings (SSSR count). The average Bonchev–Trinajstić information content (AvgIpc) is 2.46. The maximum Gasteiger partial charge on any atom is 0.500 e. The predicted molar refractivity (Wildman–Crippen MR) is 74.0 cm³/mol. The second kappa shape index (κ2) is 11.3. The number of carbonyl (C=O) groups excluding carboxylic acids is 1. The van der Waals surface area contributed by atoms with Crippen LogP contribution >= 0.6 is 0 Å². The summed E-state index contributed by atoms with van der Waals surface area (Å²) in [5, 5.41) is 6.24. The Morgan fingerprint density at radius 2 is 1.53 bits per heavy atom. The molecule has 0 aromatic heterocycles. The molecule has 0 heterocycles. The van der Waals surface area contributed by atoms with E-state index in [1.54, 1.807) is 21.3 Å². The smallest absolute Gasteiger partial charge is 0.468 e. The first-order valence-corrected chi connectivity index (χ1v) is 8.21. The van der Waals surface area contributed by atoms with Crippen molar-refractivity contribution in [1.82, 2.24) is 10.6 Å². The molecule has 0 atom stereocenters. The van der Waals surface area contributed by atoms with Crippen molar-refractivity contribution in [3.05, 3.63) is 0 Å². The molecule has 0 saturated carbocycles. The molecule has 0 fully saturated rings. The molecule has 114 valence electrons. The third-order valence-corrected chi connectivity index (χ3v) is 5.58. The molecule has 0 radical (unpaired) electrons. The van der Waals surface area contributed by atoms with Gasteiger partial charge >= 0.3 is 14.8 Å². The molecule has 0 aromatic rings. The van der Waals surface area contributed by atoms with Gasteiger partial charge in [0.25, 0.3) is 0 Å². The molecule has 19 heavy (non-hydrogen) atoms. The molecule has 0 aliphatic heterocycles. The molecule has 8 heteroatoms. The van der Waals surface area contributed by atoms with Crippen LogP contribution in [0.5, 0.6) is 0 Å². The Morgan fingerprint density at radius 3 is 2.05 bits per heavy atom. The van der Waals surface area contributed by atoms with Gasteiger partial charge in [0, 0.05) is 40.5 Å². The van der Waals surface area contributed by atoms with Gasteiger partial charge in [-0.2, -0.15) is 0 Å². The maximum absolute atomic E-state index is 10.8. The van der Waals surface area contributed by atoms with Crippen LogP contribution in [0.15, 0.2) is 0 Å². The number of hydrogen-bond acceptors (Lipinski definition) is 7. The van der Waals surface area contributed by atoms with E-state index in [9.17, 15) is 4.79 Å². The summed E-state index contributed by atoms with van der Waals surface area (Å²) in [6, 6.07) is 0.777. The van der Waals surface area contributed by atoms with Crippen LogP contribution in [-0.4, -0.2) is 69.4 Å². The first-order chi connectivity index (χ1) is 9.14. The number of carbonyl (C=O) groups is 1. The lowest BCUT2D eigenvalue weighted by molar-refractivity contribution is -0.139. The lowest BCUT2D eigenvalue weighted by Crippen LogP contribution is -2.43. The molecular formula is C11H26N2O5Si. The molecule has 0 bridgehead atoms. The highest BCUT2D eigenvalue weighted by atomic mass is 28.4. The zero-order valence-electron chi connectivity index (χ0n) is 12.3. The third-order valence-electron chi connectivity index (χ3n) is 2.75. The molecule has 0 unspecified atom stereocenters. The number of rotatable bonds is 12. The highest BCUT2D eigenvalue weighted by Gasteiger charge is 2.36. The van der Waals surface area contributed by atoms with Crippen LogP contribution in [0, 0.1) is 0 Å². The highest BCUT2D eigenvalue weighted by molar-refractivity contribution is 6.60. The van der Waals surface area contributed by atoms with Gasteiger partial charge in [-0.1, -0.05) is 0 Å². The van der Waals surface area contributed by atoms with E-state index in [-0.39, 0.29) is 12.5 Å². The Labute approximate surface area is 116 Å². The molecule has 7 nitrogen and oxygen atoms in total. The Bertz CT molecular complexity index is 231. The van der Waals surface area contributed by atoms with Crippen molar-refractivity contribution in [2.24, 2.45) is 0 Å². The van der Waals surface area contributed by atoms with E-state index in [2.05, 4.69) is 15.4 Å². The zero-order chi connectivity index (χ0) is 14.6. The quantitative estimate of drug-likeness (QED) is 0.288. The van der Waals surface area contributed by atoms with Gasteiger partial charge in [0.15, 0.2) is 0 Å².